The lowest BCUT2D eigenvalue weighted by Gasteiger charge is -2.18. The molecule has 5 unspecified atom stereocenters. The molecule has 1 fully saturated rings. The summed E-state index contributed by atoms with van der Waals surface area (Å²) in [5.74, 6) is 0.266. The molecule has 5 heteroatoms. The van der Waals surface area contributed by atoms with Crippen LogP contribution >= 0.6 is 11.6 Å². The van der Waals surface area contributed by atoms with Gasteiger partial charge in [-0.25, -0.2) is 0 Å². The van der Waals surface area contributed by atoms with Crippen LogP contribution in [0.2, 0.25) is 0 Å². The lowest BCUT2D eigenvalue weighted by molar-refractivity contribution is -0.127. The molecule has 0 bridgehead atoms. The Kier molecular flexibility index (Phi) is 6.39. The molecule has 0 aliphatic carbocycles. The minimum absolute atomic E-state index is 0.0132. The first-order chi connectivity index (χ1) is 8.47. The minimum Gasteiger partial charge on any atom is -0.383 e. The fourth-order valence-corrected chi connectivity index (χ4v) is 2.69. The molecular formula is C13H24ClNO3. The standard InChI is InChI=1S/C13H24ClNO3/c1-8-9(2)18-10(3)12(8)13(16)15-6-5-11(14)7-17-4/h8-12H,5-7H2,1-4H3,(H,15,16). The third-order valence-corrected chi connectivity index (χ3v) is 3.99. The van der Waals surface area contributed by atoms with Crippen molar-refractivity contribution in [1.29, 1.82) is 0 Å². The van der Waals surface area contributed by atoms with Gasteiger partial charge >= 0.3 is 0 Å². The maximum Gasteiger partial charge on any atom is 0.226 e. The van der Waals surface area contributed by atoms with Crippen molar-refractivity contribution in [1.82, 2.24) is 5.32 Å². The van der Waals surface area contributed by atoms with Crippen LogP contribution in [0.5, 0.6) is 0 Å². The fraction of sp³-hybridized carbons (Fsp3) is 0.923. The first kappa shape index (κ1) is 15.7. The second kappa shape index (κ2) is 7.31. The molecule has 1 amide bonds. The van der Waals surface area contributed by atoms with Crippen LogP contribution in [0.25, 0.3) is 0 Å². The van der Waals surface area contributed by atoms with Crippen molar-refractivity contribution < 1.29 is 14.3 Å². The topological polar surface area (TPSA) is 47.6 Å². The Labute approximate surface area is 114 Å². The lowest BCUT2D eigenvalue weighted by atomic mass is 9.89. The number of carbonyl (C=O) groups excluding carboxylic acids is 1. The van der Waals surface area contributed by atoms with E-state index in [2.05, 4.69) is 12.2 Å². The quantitative estimate of drug-likeness (QED) is 0.753. The molecule has 0 spiro atoms. The number of nitrogens with one attached hydrogen (secondary N) is 1. The molecule has 0 aromatic rings. The van der Waals surface area contributed by atoms with E-state index in [1.54, 1.807) is 7.11 Å². The summed E-state index contributed by atoms with van der Waals surface area (Å²) in [6.45, 7) is 7.13. The van der Waals surface area contributed by atoms with Crippen molar-refractivity contribution in [3.05, 3.63) is 0 Å². The predicted octanol–water partition coefficient (Wildman–Crippen LogP) is 1.81. The molecule has 0 aromatic heterocycles. The number of ether oxygens (including phenoxy) is 2. The van der Waals surface area contributed by atoms with Gasteiger partial charge in [-0.3, -0.25) is 4.79 Å². The summed E-state index contributed by atoms with van der Waals surface area (Å²) in [6.07, 6.45) is 0.846. The Hall–Kier alpha value is -0.320. The molecule has 1 N–H and O–H groups in total. The summed E-state index contributed by atoms with van der Waals surface area (Å²) in [5.41, 5.74) is 0. The number of hydrogen-bond acceptors (Lipinski definition) is 3. The highest BCUT2D eigenvalue weighted by molar-refractivity contribution is 6.20. The zero-order chi connectivity index (χ0) is 13.7. The van der Waals surface area contributed by atoms with Gasteiger partial charge in [-0.05, 0) is 26.2 Å². The van der Waals surface area contributed by atoms with Crippen LogP contribution in [-0.4, -0.2) is 43.8 Å². The van der Waals surface area contributed by atoms with E-state index in [1.807, 2.05) is 13.8 Å². The normalized spacial score (nSPS) is 33.4. The molecule has 1 saturated heterocycles. The molecule has 5 atom stereocenters. The van der Waals surface area contributed by atoms with E-state index in [4.69, 9.17) is 21.1 Å². The van der Waals surface area contributed by atoms with Crippen molar-refractivity contribution >= 4 is 17.5 Å². The number of carbonyl (C=O) groups is 1. The first-order valence-corrected chi connectivity index (χ1v) is 6.97. The second-order valence-electron chi connectivity index (χ2n) is 5.06. The van der Waals surface area contributed by atoms with Gasteiger partial charge in [0.15, 0.2) is 0 Å². The van der Waals surface area contributed by atoms with Crippen LogP contribution in [0, 0.1) is 11.8 Å². The van der Waals surface area contributed by atoms with Gasteiger partial charge < -0.3 is 14.8 Å². The predicted molar refractivity (Wildman–Crippen MR) is 71.8 cm³/mol. The van der Waals surface area contributed by atoms with Crippen molar-refractivity contribution in [3.63, 3.8) is 0 Å². The first-order valence-electron chi connectivity index (χ1n) is 6.53. The average molecular weight is 278 g/mol. The molecule has 1 rings (SSSR count). The Morgan fingerprint density at radius 2 is 2.06 bits per heavy atom. The Balaban J connectivity index is 2.32. The van der Waals surface area contributed by atoms with Crippen molar-refractivity contribution in [2.75, 3.05) is 20.3 Å². The van der Waals surface area contributed by atoms with Crippen LogP contribution < -0.4 is 5.32 Å². The highest BCUT2D eigenvalue weighted by Crippen LogP contribution is 2.32. The van der Waals surface area contributed by atoms with Gasteiger partial charge in [0.2, 0.25) is 5.91 Å². The highest BCUT2D eigenvalue weighted by Gasteiger charge is 2.41. The van der Waals surface area contributed by atoms with Gasteiger partial charge in [0, 0.05) is 13.7 Å². The summed E-state index contributed by atoms with van der Waals surface area (Å²) in [7, 11) is 1.62. The number of rotatable bonds is 6. The lowest BCUT2D eigenvalue weighted by Crippen LogP contribution is -2.38. The molecule has 18 heavy (non-hydrogen) atoms. The van der Waals surface area contributed by atoms with Crippen molar-refractivity contribution in [3.8, 4) is 0 Å². The summed E-state index contributed by atoms with van der Waals surface area (Å²) in [6, 6.07) is 0. The van der Waals surface area contributed by atoms with E-state index >= 15 is 0 Å². The SMILES string of the molecule is COCC(Cl)CCNC(=O)C1C(C)OC(C)C1C. The monoisotopic (exact) mass is 277 g/mol. The van der Waals surface area contributed by atoms with Crippen molar-refractivity contribution in [2.24, 2.45) is 11.8 Å². The summed E-state index contributed by atoms with van der Waals surface area (Å²) in [5, 5.41) is 2.88. The number of alkyl halides is 1. The number of amides is 1. The number of hydrogen-bond donors (Lipinski definition) is 1. The Bertz CT molecular complexity index is 275. The van der Waals surface area contributed by atoms with E-state index in [-0.39, 0.29) is 35.3 Å². The van der Waals surface area contributed by atoms with E-state index < -0.39 is 0 Å². The van der Waals surface area contributed by atoms with Crippen LogP contribution in [0.1, 0.15) is 27.2 Å². The highest BCUT2D eigenvalue weighted by atomic mass is 35.5. The van der Waals surface area contributed by atoms with E-state index in [0.717, 1.165) is 0 Å². The zero-order valence-corrected chi connectivity index (χ0v) is 12.4. The van der Waals surface area contributed by atoms with Gasteiger partial charge in [-0.1, -0.05) is 6.92 Å². The van der Waals surface area contributed by atoms with Crippen LogP contribution in [0.15, 0.2) is 0 Å². The smallest absolute Gasteiger partial charge is 0.226 e. The molecule has 1 aliphatic heterocycles. The maximum atomic E-state index is 12.1. The van der Waals surface area contributed by atoms with Crippen LogP contribution in [-0.2, 0) is 14.3 Å². The molecule has 1 aliphatic rings. The molecule has 106 valence electrons. The minimum atomic E-state index is -0.0591. The van der Waals surface area contributed by atoms with Crippen LogP contribution in [0.3, 0.4) is 0 Å². The van der Waals surface area contributed by atoms with E-state index in [0.29, 0.717) is 19.6 Å². The molecule has 0 aromatic carbocycles. The molecule has 0 radical (unpaired) electrons. The third kappa shape index (κ3) is 4.11. The van der Waals surface area contributed by atoms with Gasteiger partial charge in [-0.15, -0.1) is 11.6 Å². The van der Waals surface area contributed by atoms with Crippen molar-refractivity contribution in [2.45, 2.75) is 44.8 Å². The van der Waals surface area contributed by atoms with Gasteiger partial charge in [0.05, 0.1) is 30.1 Å². The maximum absolute atomic E-state index is 12.1. The second-order valence-corrected chi connectivity index (χ2v) is 5.68. The number of methoxy groups -OCH3 is 1. The third-order valence-electron chi connectivity index (χ3n) is 3.65. The number of halogens is 1. The average Bonchev–Trinajstić information content (AvgIpc) is 2.53. The summed E-state index contributed by atoms with van der Waals surface area (Å²) in [4.78, 5) is 12.1. The molecule has 4 nitrogen and oxygen atoms in total. The molecule has 1 heterocycles. The van der Waals surface area contributed by atoms with Crippen LogP contribution in [0.4, 0.5) is 0 Å². The van der Waals surface area contributed by atoms with Gasteiger partial charge in [0.25, 0.3) is 0 Å². The zero-order valence-electron chi connectivity index (χ0n) is 11.6. The van der Waals surface area contributed by atoms with Gasteiger partial charge in [-0.2, -0.15) is 0 Å². The fourth-order valence-electron chi connectivity index (χ4n) is 2.45. The molecule has 0 saturated carbocycles. The van der Waals surface area contributed by atoms with E-state index in [9.17, 15) is 4.79 Å². The Morgan fingerprint density at radius 1 is 1.39 bits per heavy atom. The summed E-state index contributed by atoms with van der Waals surface area (Å²) >= 11 is 6.00. The van der Waals surface area contributed by atoms with Gasteiger partial charge in [0.1, 0.15) is 0 Å². The largest absolute Gasteiger partial charge is 0.383 e. The molecular weight excluding hydrogens is 254 g/mol. The van der Waals surface area contributed by atoms with E-state index in [1.165, 1.54) is 0 Å². The summed E-state index contributed by atoms with van der Waals surface area (Å²) < 4.78 is 10.6. The Morgan fingerprint density at radius 3 is 2.56 bits per heavy atom.